The lowest BCUT2D eigenvalue weighted by Crippen LogP contribution is -2.06. The molecule has 1 aromatic rings. The van der Waals surface area contributed by atoms with Gasteiger partial charge in [0.15, 0.2) is 6.61 Å². The molecular weight excluding hydrogens is 236 g/mol. The Balaban J connectivity index is 2.09. The van der Waals surface area contributed by atoms with E-state index in [0.29, 0.717) is 12.5 Å². The van der Waals surface area contributed by atoms with Crippen LogP contribution in [0.3, 0.4) is 0 Å². The minimum absolute atomic E-state index is 0.379. The molecule has 0 bridgehead atoms. The summed E-state index contributed by atoms with van der Waals surface area (Å²) in [5.74, 6) is 7.05. The molecule has 1 aliphatic carbocycles. The molecule has 1 aliphatic rings. The molecule has 1 heterocycles. The predicted octanol–water partition coefficient (Wildman–Crippen LogP) is 3.47. The van der Waals surface area contributed by atoms with Crippen LogP contribution in [0, 0.1) is 17.8 Å². The predicted molar refractivity (Wildman–Crippen MR) is 76.6 cm³/mol. The highest BCUT2D eigenvalue weighted by atomic mass is 16.5. The molecule has 2 rings (SSSR count). The van der Waals surface area contributed by atoms with Crippen LogP contribution in [-0.2, 0) is 0 Å². The Labute approximate surface area is 115 Å². The molecule has 3 nitrogen and oxygen atoms in total. The Morgan fingerprint density at radius 3 is 3.11 bits per heavy atom. The van der Waals surface area contributed by atoms with E-state index in [1.807, 2.05) is 6.07 Å². The summed E-state index contributed by atoms with van der Waals surface area (Å²) in [6.45, 7) is 4.43. The zero-order valence-electron chi connectivity index (χ0n) is 11.6. The molecule has 1 aromatic heterocycles. The fraction of sp³-hybridized carbons (Fsp3) is 0.500. The molecular formula is C16H20N2O. The van der Waals surface area contributed by atoms with E-state index < -0.39 is 0 Å². The Morgan fingerprint density at radius 2 is 2.32 bits per heavy atom. The number of nitrogens with zero attached hydrogens (tertiary/aromatic N) is 2. The second-order valence-electron chi connectivity index (χ2n) is 4.74. The average Bonchev–Trinajstić information content (AvgIpc) is 2.48. The van der Waals surface area contributed by atoms with E-state index in [1.54, 1.807) is 13.3 Å². The SMILES string of the molecule is CC#CCOc1cc(C2=CCCC(CC)C2)ncn1. The Morgan fingerprint density at radius 1 is 1.42 bits per heavy atom. The molecule has 0 fully saturated rings. The van der Waals surface area contributed by atoms with Gasteiger partial charge >= 0.3 is 0 Å². The first kappa shape index (κ1) is 13.6. The highest BCUT2D eigenvalue weighted by Crippen LogP contribution is 2.32. The van der Waals surface area contributed by atoms with E-state index >= 15 is 0 Å². The second kappa shape index (κ2) is 6.94. The topological polar surface area (TPSA) is 35.0 Å². The van der Waals surface area contributed by atoms with Gasteiger partial charge in [-0.3, -0.25) is 0 Å². The van der Waals surface area contributed by atoms with Gasteiger partial charge in [-0.2, -0.15) is 0 Å². The molecule has 1 unspecified atom stereocenters. The maximum Gasteiger partial charge on any atom is 0.217 e. The molecule has 0 spiro atoms. The van der Waals surface area contributed by atoms with E-state index in [2.05, 4.69) is 34.8 Å². The van der Waals surface area contributed by atoms with Crippen molar-refractivity contribution in [3.05, 3.63) is 24.2 Å². The lowest BCUT2D eigenvalue weighted by Gasteiger charge is -2.21. The molecule has 0 N–H and O–H groups in total. The molecule has 0 aromatic carbocycles. The Hall–Kier alpha value is -1.82. The van der Waals surface area contributed by atoms with Crippen LogP contribution in [0.2, 0.25) is 0 Å². The lowest BCUT2D eigenvalue weighted by atomic mass is 9.86. The van der Waals surface area contributed by atoms with E-state index in [4.69, 9.17) is 4.74 Å². The number of aromatic nitrogens is 2. The first-order valence-electron chi connectivity index (χ1n) is 6.87. The molecule has 100 valence electrons. The molecule has 0 saturated carbocycles. The molecule has 1 atom stereocenters. The van der Waals surface area contributed by atoms with Crippen LogP contribution in [0.25, 0.3) is 5.57 Å². The number of allylic oxidation sites excluding steroid dienone is 2. The summed E-state index contributed by atoms with van der Waals surface area (Å²) in [5.41, 5.74) is 2.32. The summed E-state index contributed by atoms with van der Waals surface area (Å²) in [6.07, 6.45) is 8.65. The van der Waals surface area contributed by atoms with Crippen molar-refractivity contribution in [2.45, 2.75) is 39.5 Å². The third kappa shape index (κ3) is 3.82. The minimum atomic E-state index is 0.379. The highest BCUT2D eigenvalue weighted by molar-refractivity contribution is 5.63. The van der Waals surface area contributed by atoms with Crippen LogP contribution < -0.4 is 4.74 Å². The molecule has 0 saturated heterocycles. The fourth-order valence-corrected chi connectivity index (χ4v) is 2.32. The molecule has 0 amide bonds. The Bertz CT molecular complexity index is 511. The van der Waals surface area contributed by atoms with Gasteiger partial charge in [-0.15, -0.1) is 5.92 Å². The van der Waals surface area contributed by atoms with Crippen molar-refractivity contribution in [1.29, 1.82) is 0 Å². The summed E-state index contributed by atoms with van der Waals surface area (Å²) in [4.78, 5) is 8.48. The normalized spacial score (nSPS) is 18.2. The van der Waals surface area contributed by atoms with E-state index in [1.165, 1.54) is 18.4 Å². The first-order chi connectivity index (χ1) is 9.33. The van der Waals surface area contributed by atoms with Crippen LogP contribution in [0.4, 0.5) is 0 Å². The minimum Gasteiger partial charge on any atom is -0.464 e. The van der Waals surface area contributed by atoms with Crippen LogP contribution in [-0.4, -0.2) is 16.6 Å². The van der Waals surface area contributed by atoms with Crippen molar-refractivity contribution in [2.24, 2.45) is 5.92 Å². The van der Waals surface area contributed by atoms with Gasteiger partial charge in [0.25, 0.3) is 0 Å². The molecule has 3 heteroatoms. The van der Waals surface area contributed by atoms with Gasteiger partial charge in [0, 0.05) is 6.07 Å². The highest BCUT2D eigenvalue weighted by Gasteiger charge is 2.16. The monoisotopic (exact) mass is 256 g/mol. The van der Waals surface area contributed by atoms with Crippen molar-refractivity contribution >= 4 is 5.57 Å². The van der Waals surface area contributed by atoms with Crippen LogP contribution >= 0.6 is 0 Å². The standard InChI is InChI=1S/C16H20N2O/c1-3-5-9-19-16-11-15(17-12-18-16)14-8-6-7-13(4-2)10-14/h8,11-13H,4,6-7,9-10H2,1-2H3. The number of rotatable bonds is 4. The summed E-state index contributed by atoms with van der Waals surface area (Å²) < 4.78 is 5.48. The van der Waals surface area contributed by atoms with Crippen LogP contribution in [0.5, 0.6) is 5.88 Å². The zero-order valence-corrected chi connectivity index (χ0v) is 11.6. The molecule has 0 radical (unpaired) electrons. The third-order valence-corrected chi connectivity index (χ3v) is 3.49. The lowest BCUT2D eigenvalue weighted by molar-refractivity contribution is 0.354. The summed E-state index contributed by atoms with van der Waals surface area (Å²) >= 11 is 0. The van der Waals surface area contributed by atoms with Crippen molar-refractivity contribution in [3.63, 3.8) is 0 Å². The van der Waals surface area contributed by atoms with Gasteiger partial charge in [-0.05, 0) is 37.7 Å². The maximum atomic E-state index is 5.48. The largest absolute Gasteiger partial charge is 0.464 e. The molecule has 19 heavy (non-hydrogen) atoms. The third-order valence-electron chi connectivity index (χ3n) is 3.49. The van der Waals surface area contributed by atoms with Crippen molar-refractivity contribution < 1.29 is 4.74 Å². The number of hydrogen-bond acceptors (Lipinski definition) is 3. The van der Waals surface area contributed by atoms with Crippen molar-refractivity contribution in [1.82, 2.24) is 9.97 Å². The van der Waals surface area contributed by atoms with E-state index in [0.717, 1.165) is 24.5 Å². The van der Waals surface area contributed by atoms with Crippen LogP contribution in [0.1, 0.15) is 45.2 Å². The van der Waals surface area contributed by atoms with E-state index in [9.17, 15) is 0 Å². The molecule has 0 aliphatic heterocycles. The smallest absolute Gasteiger partial charge is 0.217 e. The van der Waals surface area contributed by atoms with Gasteiger partial charge in [0.1, 0.15) is 6.33 Å². The average molecular weight is 256 g/mol. The van der Waals surface area contributed by atoms with Gasteiger partial charge in [0.2, 0.25) is 5.88 Å². The second-order valence-corrected chi connectivity index (χ2v) is 4.74. The fourth-order valence-electron chi connectivity index (χ4n) is 2.32. The summed E-state index contributed by atoms with van der Waals surface area (Å²) in [6, 6.07) is 1.92. The van der Waals surface area contributed by atoms with Crippen molar-refractivity contribution in [2.75, 3.05) is 6.61 Å². The summed E-state index contributed by atoms with van der Waals surface area (Å²) in [7, 11) is 0. The maximum absolute atomic E-state index is 5.48. The first-order valence-corrected chi connectivity index (χ1v) is 6.87. The summed E-state index contributed by atoms with van der Waals surface area (Å²) in [5, 5.41) is 0. The zero-order chi connectivity index (χ0) is 13.5. The quantitative estimate of drug-likeness (QED) is 0.774. The van der Waals surface area contributed by atoms with Gasteiger partial charge in [-0.1, -0.05) is 25.3 Å². The van der Waals surface area contributed by atoms with Gasteiger partial charge < -0.3 is 4.74 Å². The number of hydrogen-bond donors (Lipinski definition) is 0. The number of ether oxygens (including phenoxy) is 1. The Kier molecular flexibility index (Phi) is 4.97. The van der Waals surface area contributed by atoms with Crippen molar-refractivity contribution in [3.8, 4) is 17.7 Å². The van der Waals surface area contributed by atoms with E-state index in [-0.39, 0.29) is 0 Å². The van der Waals surface area contributed by atoms with Crippen LogP contribution in [0.15, 0.2) is 18.5 Å². The van der Waals surface area contributed by atoms with Gasteiger partial charge in [0.05, 0.1) is 5.69 Å². The van der Waals surface area contributed by atoms with Gasteiger partial charge in [-0.25, -0.2) is 9.97 Å².